The van der Waals surface area contributed by atoms with Crippen LogP contribution in [-0.2, 0) is 17.8 Å². The quantitative estimate of drug-likeness (QED) is 0.787. The van der Waals surface area contributed by atoms with Crippen LogP contribution in [0.4, 0.5) is 0 Å². The molecule has 1 aromatic heterocycles. The van der Waals surface area contributed by atoms with Crippen LogP contribution >= 0.6 is 0 Å². The summed E-state index contributed by atoms with van der Waals surface area (Å²) in [7, 11) is 0. The summed E-state index contributed by atoms with van der Waals surface area (Å²) in [6, 6.07) is 0. The van der Waals surface area contributed by atoms with Crippen LogP contribution in [0.5, 0.6) is 0 Å². The lowest BCUT2D eigenvalue weighted by Gasteiger charge is -2.31. The van der Waals surface area contributed by atoms with Gasteiger partial charge in [0.05, 0.1) is 0 Å². The fourth-order valence-corrected chi connectivity index (χ4v) is 2.46. The lowest BCUT2D eigenvalue weighted by atomic mass is 9.80. The van der Waals surface area contributed by atoms with E-state index in [1.807, 2.05) is 0 Å². The molecular weight excluding hydrogens is 230 g/mol. The number of nitrogens with zero attached hydrogens (tertiary/aromatic N) is 2. The first-order valence-corrected chi connectivity index (χ1v) is 6.90. The van der Waals surface area contributed by atoms with E-state index in [1.54, 1.807) is 0 Å². The molecule has 5 nitrogen and oxygen atoms in total. The van der Waals surface area contributed by atoms with E-state index in [0.717, 1.165) is 25.9 Å². The van der Waals surface area contributed by atoms with Gasteiger partial charge in [0.15, 0.2) is 5.82 Å². The third-order valence-electron chi connectivity index (χ3n) is 3.44. The standard InChI is InChI=1S/C13H23N3O2/c1-2-8-17-10-11-15-12(18-16-11)9-13(14)6-4-3-5-7-13/h2-10,14H2,1H3. The van der Waals surface area contributed by atoms with E-state index in [1.165, 1.54) is 19.3 Å². The molecule has 1 heterocycles. The van der Waals surface area contributed by atoms with E-state index < -0.39 is 0 Å². The summed E-state index contributed by atoms with van der Waals surface area (Å²) in [5, 5.41) is 3.92. The second-order valence-electron chi connectivity index (χ2n) is 5.26. The van der Waals surface area contributed by atoms with Gasteiger partial charge in [0, 0.05) is 18.6 Å². The normalized spacial score (nSPS) is 19.0. The van der Waals surface area contributed by atoms with Crippen molar-refractivity contribution in [2.45, 2.75) is 64.0 Å². The summed E-state index contributed by atoms with van der Waals surface area (Å²) in [6.45, 7) is 3.22. The lowest BCUT2D eigenvalue weighted by Crippen LogP contribution is -2.43. The Balaban J connectivity index is 1.85. The average Bonchev–Trinajstić information content (AvgIpc) is 2.77. The Morgan fingerprint density at radius 1 is 1.33 bits per heavy atom. The van der Waals surface area contributed by atoms with Gasteiger partial charge < -0.3 is 15.0 Å². The maximum atomic E-state index is 6.36. The van der Waals surface area contributed by atoms with Gasteiger partial charge in [-0.25, -0.2) is 0 Å². The second-order valence-corrected chi connectivity index (χ2v) is 5.26. The lowest BCUT2D eigenvalue weighted by molar-refractivity contribution is 0.114. The Hall–Kier alpha value is -0.940. The minimum Gasteiger partial charge on any atom is -0.373 e. The van der Waals surface area contributed by atoms with Gasteiger partial charge in [0.25, 0.3) is 0 Å². The van der Waals surface area contributed by atoms with Gasteiger partial charge in [-0.1, -0.05) is 31.3 Å². The fraction of sp³-hybridized carbons (Fsp3) is 0.846. The predicted molar refractivity (Wildman–Crippen MR) is 68.0 cm³/mol. The van der Waals surface area contributed by atoms with E-state index >= 15 is 0 Å². The van der Waals surface area contributed by atoms with Gasteiger partial charge in [-0.15, -0.1) is 0 Å². The van der Waals surface area contributed by atoms with E-state index in [9.17, 15) is 0 Å². The molecule has 0 radical (unpaired) electrons. The highest BCUT2D eigenvalue weighted by Gasteiger charge is 2.29. The molecule has 18 heavy (non-hydrogen) atoms. The molecule has 102 valence electrons. The van der Waals surface area contributed by atoms with E-state index in [2.05, 4.69) is 17.1 Å². The molecular formula is C13H23N3O2. The summed E-state index contributed by atoms with van der Waals surface area (Å²) in [5.74, 6) is 1.27. The summed E-state index contributed by atoms with van der Waals surface area (Å²) >= 11 is 0. The first-order valence-electron chi connectivity index (χ1n) is 6.90. The molecule has 1 aliphatic carbocycles. The number of rotatable bonds is 6. The van der Waals surface area contributed by atoms with Gasteiger partial charge in [-0.05, 0) is 19.3 Å². The van der Waals surface area contributed by atoms with Crippen molar-refractivity contribution in [2.24, 2.45) is 5.73 Å². The molecule has 5 heteroatoms. The first-order chi connectivity index (χ1) is 8.72. The van der Waals surface area contributed by atoms with Crippen molar-refractivity contribution in [3.05, 3.63) is 11.7 Å². The van der Waals surface area contributed by atoms with Crippen LogP contribution in [0.3, 0.4) is 0 Å². The number of hydrogen-bond donors (Lipinski definition) is 1. The van der Waals surface area contributed by atoms with Crippen molar-refractivity contribution in [2.75, 3.05) is 6.61 Å². The molecule has 1 aromatic rings. The van der Waals surface area contributed by atoms with Crippen molar-refractivity contribution in [1.29, 1.82) is 0 Å². The number of aromatic nitrogens is 2. The zero-order valence-electron chi connectivity index (χ0n) is 11.2. The van der Waals surface area contributed by atoms with Gasteiger partial charge >= 0.3 is 0 Å². The van der Waals surface area contributed by atoms with Crippen LogP contribution in [0.2, 0.25) is 0 Å². The van der Waals surface area contributed by atoms with Gasteiger partial charge in [-0.2, -0.15) is 4.98 Å². The highest BCUT2D eigenvalue weighted by Crippen LogP contribution is 2.28. The third-order valence-corrected chi connectivity index (χ3v) is 3.44. The van der Waals surface area contributed by atoms with E-state index in [0.29, 0.717) is 24.7 Å². The molecule has 0 saturated heterocycles. The Kier molecular flexibility index (Phi) is 4.72. The molecule has 0 aliphatic heterocycles. The molecule has 0 aromatic carbocycles. The smallest absolute Gasteiger partial charge is 0.228 e. The Morgan fingerprint density at radius 2 is 2.11 bits per heavy atom. The highest BCUT2D eigenvalue weighted by molar-refractivity contribution is 4.97. The summed E-state index contributed by atoms with van der Waals surface area (Å²) in [4.78, 5) is 4.34. The Morgan fingerprint density at radius 3 is 2.83 bits per heavy atom. The minimum absolute atomic E-state index is 0.146. The summed E-state index contributed by atoms with van der Waals surface area (Å²) < 4.78 is 10.6. The van der Waals surface area contributed by atoms with Crippen LogP contribution in [0.1, 0.15) is 57.2 Å². The van der Waals surface area contributed by atoms with Crippen molar-refractivity contribution >= 4 is 0 Å². The first kappa shape index (κ1) is 13.5. The van der Waals surface area contributed by atoms with E-state index in [-0.39, 0.29) is 5.54 Å². The predicted octanol–water partition coefficient (Wildman–Crippen LogP) is 2.20. The molecule has 0 spiro atoms. The van der Waals surface area contributed by atoms with Gasteiger partial charge in [0.2, 0.25) is 5.89 Å². The van der Waals surface area contributed by atoms with E-state index in [4.69, 9.17) is 15.0 Å². The SMILES string of the molecule is CCCOCc1noc(CC2(N)CCCCC2)n1. The van der Waals surface area contributed by atoms with Crippen LogP contribution in [0.15, 0.2) is 4.52 Å². The number of ether oxygens (including phenoxy) is 1. The van der Waals surface area contributed by atoms with Crippen LogP contribution in [0.25, 0.3) is 0 Å². The molecule has 2 N–H and O–H groups in total. The average molecular weight is 253 g/mol. The maximum absolute atomic E-state index is 6.36. The molecule has 0 unspecified atom stereocenters. The maximum Gasteiger partial charge on any atom is 0.228 e. The molecule has 1 aliphatic rings. The highest BCUT2D eigenvalue weighted by atomic mass is 16.5. The molecule has 0 bridgehead atoms. The van der Waals surface area contributed by atoms with Crippen LogP contribution in [0, 0.1) is 0 Å². The minimum atomic E-state index is -0.146. The molecule has 0 amide bonds. The van der Waals surface area contributed by atoms with Crippen LogP contribution < -0.4 is 5.73 Å². The molecule has 1 saturated carbocycles. The zero-order chi connectivity index (χ0) is 12.8. The summed E-state index contributed by atoms with van der Waals surface area (Å²) in [6.07, 6.45) is 7.49. The largest absolute Gasteiger partial charge is 0.373 e. The monoisotopic (exact) mass is 253 g/mol. The Labute approximate surface area is 108 Å². The number of hydrogen-bond acceptors (Lipinski definition) is 5. The number of nitrogens with two attached hydrogens (primary N) is 1. The van der Waals surface area contributed by atoms with Gasteiger partial charge in [-0.3, -0.25) is 0 Å². The topological polar surface area (TPSA) is 74.2 Å². The molecule has 2 rings (SSSR count). The van der Waals surface area contributed by atoms with Crippen molar-refractivity contribution in [3.63, 3.8) is 0 Å². The molecule has 1 fully saturated rings. The van der Waals surface area contributed by atoms with Crippen molar-refractivity contribution in [1.82, 2.24) is 10.1 Å². The van der Waals surface area contributed by atoms with Gasteiger partial charge in [0.1, 0.15) is 6.61 Å². The van der Waals surface area contributed by atoms with Crippen molar-refractivity contribution < 1.29 is 9.26 Å². The second kappa shape index (κ2) is 6.29. The molecule has 0 atom stereocenters. The fourth-order valence-electron chi connectivity index (χ4n) is 2.46. The summed E-state index contributed by atoms with van der Waals surface area (Å²) in [5.41, 5.74) is 6.22. The third kappa shape index (κ3) is 3.78. The Bertz CT molecular complexity index is 359. The van der Waals surface area contributed by atoms with Crippen molar-refractivity contribution in [3.8, 4) is 0 Å². The zero-order valence-corrected chi connectivity index (χ0v) is 11.2. The van der Waals surface area contributed by atoms with Crippen LogP contribution in [-0.4, -0.2) is 22.3 Å².